The lowest BCUT2D eigenvalue weighted by Gasteiger charge is -2.34. The van der Waals surface area contributed by atoms with Crippen LogP contribution in [0.2, 0.25) is 0 Å². The molecule has 1 amide bonds. The van der Waals surface area contributed by atoms with E-state index < -0.39 is 9.84 Å². The van der Waals surface area contributed by atoms with E-state index in [9.17, 15) is 18.0 Å². The van der Waals surface area contributed by atoms with Gasteiger partial charge in [-0.05, 0) is 56.2 Å². The summed E-state index contributed by atoms with van der Waals surface area (Å²) in [6.07, 6.45) is 1.54. The molecule has 0 aliphatic carbocycles. The molecule has 0 radical (unpaired) electrons. The van der Waals surface area contributed by atoms with E-state index in [1.807, 2.05) is 18.2 Å². The number of hydrogen-bond donors (Lipinski definition) is 1. The van der Waals surface area contributed by atoms with E-state index in [0.717, 1.165) is 31.6 Å². The molecule has 0 unspecified atom stereocenters. The zero-order chi connectivity index (χ0) is 23.6. The van der Waals surface area contributed by atoms with Crippen molar-refractivity contribution in [2.24, 2.45) is 0 Å². The van der Waals surface area contributed by atoms with E-state index in [1.165, 1.54) is 4.57 Å². The lowest BCUT2D eigenvalue weighted by atomic mass is 10.0. The molecular weight excluding hydrogens is 440 g/mol. The maximum atomic E-state index is 12.8. The second-order valence-electron chi connectivity index (χ2n) is 8.29. The molecule has 33 heavy (non-hydrogen) atoms. The second kappa shape index (κ2) is 9.35. The quantitative estimate of drug-likeness (QED) is 0.596. The number of hydrogen-bond acceptors (Lipinski definition) is 6. The van der Waals surface area contributed by atoms with Crippen LogP contribution in [0.25, 0.3) is 10.9 Å². The molecule has 1 saturated heterocycles. The van der Waals surface area contributed by atoms with E-state index >= 15 is 0 Å². The lowest BCUT2D eigenvalue weighted by Crippen LogP contribution is -2.46. The molecule has 2 heterocycles. The maximum Gasteiger partial charge on any atom is 0.261 e. The van der Waals surface area contributed by atoms with Gasteiger partial charge in [0.1, 0.15) is 12.4 Å². The molecule has 9 heteroatoms. The van der Waals surface area contributed by atoms with Crippen molar-refractivity contribution in [2.75, 3.05) is 23.7 Å². The summed E-state index contributed by atoms with van der Waals surface area (Å²) in [4.78, 5) is 32.4. The summed E-state index contributed by atoms with van der Waals surface area (Å²) in [5, 5.41) is 3.55. The van der Waals surface area contributed by atoms with Gasteiger partial charge in [-0.2, -0.15) is 0 Å². The Labute approximate surface area is 193 Å². The van der Waals surface area contributed by atoms with Crippen molar-refractivity contribution in [1.82, 2.24) is 14.9 Å². The summed E-state index contributed by atoms with van der Waals surface area (Å²) in [6, 6.07) is 14.1. The van der Waals surface area contributed by atoms with Gasteiger partial charge in [0.25, 0.3) is 5.56 Å². The van der Waals surface area contributed by atoms with Crippen LogP contribution in [0, 0.1) is 6.92 Å². The second-order valence-corrected chi connectivity index (χ2v) is 10.6. The van der Waals surface area contributed by atoms with Crippen LogP contribution < -0.4 is 15.8 Å². The van der Waals surface area contributed by atoms with Crippen LogP contribution in [-0.2, 0) is 21.2 Å². The SMILES string of the molecule is CCS(=O)(=O)c1ccc(N2CCC(NC(=O)Cn3c(C)nc4ccccc4c3=O)CC2)cc1. The Kier molecular flexibility index (Phi) is 6.51. The van der Waals surface area contributed by atoms with Crippen molar-refractivity contribution in [3.63, 3.8) is 0 Å². The number of amides is 1. The molecule has 0 bridgehead atoms. The number of carbonyl (C=O) groups is 1. The van der Waals surface area contributed by atoms with Crippen LogP contribution in [0.15, 0.2) is 58.2 Å². The molecule has 4 rings (SSSR count). The third-order valence-corrected chi connectivity index (χ3v) is 7.91. The van der Waals surface area contributed by atoms with E-state index in [1.54, 1.807) is 44.2 Å². The first-order valence-electron chi connectivity index (χ1n) is 11.1. The van der Waals surface area contributed by atoms with Crippen molar-refractivity contribution in [3.8, 4) is 0 Å². The maximum absolute atomic E-state index is 12.8. The zero-order valence-corrected chi connectivity index (χ0v) is 19.6. The first-order chi connectivity index (χ1) is 15.8. The highest BCUT2D eigenvalue weighted by Gasteiger charge is 2.22. The van der Waals surface area contributed by atoms with Crippen molar-refractivity contribution in [2.45, 2.75) is 44.2 Å². The number of anilines is 1. The van der Waals surface area contributed by atoms with Gasteiger partial charge < -0.3 is 10.2 Å². The Bertz CT molecular complexity index is 1320. The summed E-state index contributed by atoms with van der Waals surface area (Å²) in [6.45, 7) is 4.81. The summed E-state index contributed by atoms with van der Waals surface area (Å²) >= 11 is 0. The fourth-order valence-electron chi connectivity index (χ4n) is 4.20. The Balaban J connectivity index is 1.35. The summed E-state index contributed by atoms with van der Waals surface area (Å²) in [7, 11) is -3.21. The number of aryl methyl sites for hydroxylation is 1. The summed E-state index contributed by atoms with van der Waals surface area (Å²) in [5.74, 6) is 0.389. The van der Waals surface area contributed by atoms with Crippen LogP contribution in [0.5, 0.6) is 0 Å². The van der Waals surface area contributed by atoms with Crippen LogP contribution in [0.4, 0.5) is 5.69 Å². The normalized spacial score (nSPS) is 15.0. The molecule has 174 valence electrons. The average molecular weight is 469 g/mol. The monoisotopic (exact) mass is 468 g/mol. The largest absolute Gasteiger partial charge is 0.371 e. The van der Waals surface area contributed by atoms with Gasteiger partial charge in [-0.3, -0.25) is 14.2 Å². The molecule has 1 N–H and O–H groups in total. The molecule has 1 aliphatic heterocycles. The minimum atomic E-state index is -3.21. The van der Waals surface area contributed by atoms with Crippen molar-refractivity contribution < 1.29 is 13.2 Å². The smallest absolute Gasteiger partial charge is 0.261 e. The van der Waals surface area contributed by atoms with Crippen molar-refractivity contribution in [3.05, 3.63) is 64.7 Å². The third kappa shape index (κ3) is 4.93. The summed E-state index contributed by atoms with van der Waals surface area (Å²) < 4.78 is 25.4. The minimum Gasteiger partial charge on any atom is -0.371 e. The van der Waals surface area contributed by atoms with Gasteiger partial charge in [-0.25, -0.2) is 13.4 Å². The number of fused-ring (bicyclic) bond motifs is 1. The Morgan fingerprint density at radius 1 is 1.09 bits per heavy atom. The van der Waals surface area contributed by atoms with E-state index in [4.69, 9.17) is 0 Å². The average Bonchev–Trinajstić information content (AvgIpc) is 2.82. The standard InChI is InChI=1S/C24H28N4O4S/c1-3-33(31,32)20-10-8-19(9-11-20)27-14-12-18(13-15-27)26-23(29)16-28-17(2)25-22-7-5-4-6-21(22)24(28)30/h4-11,18H,3,12-16H2,1-2H3,(H,26,29). The number of carbonyl (C=O) groups excluding carboxylic acids is 1. The Morgan fingerprint density at radius 3 is 2.42 bits per heavy atom. The predicted molar refractivity (Wildman–Crippen MR) is 128 cm³/mol. The number of aromatic nitrogens is 2. The van der Waals surface area contributed by atoms with Gasteiger partial charge in [-0.1, -0.05) is 19.1 Å². The van der Waals surface area contributed by atoms with Crippen molar-refractivity contribution in [1.29, 1.82) is 0 Å². The fraction of sp³-hybridized carbons (Fsp3) is 0.375. The lowest BCUT2D eigenvalue weighted by molar-refractivity contribution is -0.122. The highest BCUT2D eigenvalue weighted by Crippen LogP contribution is 2.22. The predicted octanol–water partition coefficient (Wildman–Crippen LogP) is 2.28. The van der Waals surface area contributed by atoms with Gasteiger partial charge >= 0.3 is 0 Å². The topological polar surface area (TPSA) is 101 Å². The minimum absolute atomic E-state index is 0.0258. The van der Waals surface area contributed by atoms with Crippen LogP contribution in [0.3, 0.4) is 0 Å². The third-order valence-electron chi connectivity index (χ3n) is 6.16. The van der Waals surface area contributed by atoms with Gasteiger partial charge in [0.05, 0.1) is 21.6 Å². The molecule has 1 aromatic heterocycles. The molecule has 0 spiro atoms. The Hall–Kier alpha value is -3.20. The van der Waals surface area contributed by atoms with Gasteiger partial charge in [0.2, 0.25) is 5.91 Å². The number of nitrogens with zero attached hydrogens (tertiary/aromatic N) is 3. The molecular formula is C24H28N4O4S. The van der Waals surface area contributed by atoms with E-state index in [-0.39, 0.29) is 29.8 Å². The van der Waals surface area contributed by atoms with Crippen LogP contribution >= 0.6 is 0 Å². The van der Waals surface area contributed by atoms with E-state index in [2.05, 4.69) is 15.2 Å². The molecule has 3 aromatic rings. The highest BCUT2D eigenvalue weighted by molar-refractivity contribution is 7.91. The summed E-state index contributed by atoms with van der Waals surface area (Å²) in [5.41, 5.74) is 1.39. The number of sulfone groups is 1. The molecule has 2 aromatic carbocycles. The van der Waals surface area contributed by atoms with E-state index in [0.29, 0.717) is 21.6 Å². The molecule has 1 fully saturated rings. The molecule has 1 aliphatic rings. The van der Waals surface area contributed by atoms with Crippen LogP contribution in [-0.4, -0.2) is 48.8 Å². The number of nitrogens with one attached hydrogen (secondary N) is 1. The Morgan fingerprint density at radius 2 is 1.76 bits per heavy atom. The zero-order valence-electron chi connectivity index (χ0n) is 18.8. The van der Waals surface area contributed by atoms with Crippen LogP contribution in [0.1, 0.15) is 25.6 Å². The van der Waals surface area contributed by atoms with Gasteiger partial charge in [-0.15, -0.1) is 0 Å². The molecule has 8 nitrogen and oxygen atoms in total. The highest BCUT2D eigenvalue weighted by atomic mass is 32.2. The number of piperidine rings is 1. The number of para-hydroxylation sites is 1. The van der Waals surface area contributed by atoms with Crippen molar-refractivity contribution >= 4 is 32.3 Å². The number of benzene rings is 2. The van der Waals surface area contributed by atoms with Gasteiger partial charge in [0.15, 0.2) is 9.84 Å². The number of rotatable bonds is 6. The first kappa shape index (κ1) is 23.0. The fourth-order valence-corrected chi connectivity index (χ4v) is 5.08. The van der Waals surface area contributed by atoms with Gasteiger partial charge in [0, 0.05) is 24.8 Å². The molecule has 0 atom stereocenters. The molecule has 0 saturated carbocycles. The first-order valence-corrected chi connectivity index (χ1v) is 12.8.